The van der Waals surface area contributed by atoms with Gasteiger partial charge in [0.25, 0.3) is 5.91 Å². The zero-order chi connectivity index (χ0) is 23.6. The first-order valence-corrected chi connectivity index (χ1v) is 11.0. The van der Waals surface area contributed by atoms with Gasteiger partial charge in [-0.05, 0) is 35.7 Å². The summed E-state index contributed by atoms with van der Waals surface area (Å²) in [5.74, 6) is -0.592. The molecule has 33 heavy (non-hydrogen) atoms. The number of carbonyl (C=O) groups is 2. The van der Waals surface area contributed by atoms with Crippen LogP contribution in [-0.2, 0) is 29.0 Å². The van der Waals surface area contributed by atoms with Crippen molar-refractivity contribution in [1.29, 1.82) is 0 Å². The lowest BCUT2D eigenvalue weighted by molar-refractivity contribution is -0.142. The van der Waals surface area contributed by atoms with Crippen LogP contribution in [0.1, 0.15) is 23.6 Å². The lowest BCUT2D eigenvalue weighted by Gasteiger charge is -2.31. The number of carbonyl (C=O) groups excluding carboxylic acids is 2. The number of halogens is 1. The minimum atomic E-state index is -0.824. The highest BCUT2D eigenvalue weighted by atomic mass is 19.1. The van der Waals surface area contributed by atoms with Crippen LogP contribution in [-0.4, -0.2) is 36.4 Å². The summed E-state index contributed by atoms with van der Waals surface area (Å²) in [4.78, 5) is 27.5. The molecule has 5 nitrogen and oxygen atoms in total. The first-order chi connectivity index (χ1) is 16.0. The van der Waals surface area contributed by atoms with E-state index in [1.54, 1.807) is 18.2 Å². The normalized spacial score (nSPS) is 11.5. The fourth-order valence-corrected chi connectivity index (χ4v) is 3.58. The van der Waals surface area contributed by atoms with Gasteiger partial charge in [-0.2, -0.15) is 0 Å². The number of amides is 2. The topological polar surface area (TPSA) is 58.6 Å². The number of aryl methyl sites for hydroxylation is 1. The quantitative estimate of drug-likeness (QED) is 0.507. The van der Waals surface area contributed by atoms with Gasteiger partial charge in [0.1, 0.15) is 17.6 Å². The molecule has 0 aromatic heterocycles. The third-order valence-electron chi connectivity index (χ3n) is 5.51. The van der Waals surface area contributed by atoms with Gasteiger partial charge in [0.2, 0.25) is 5.91 Å². The van der Waals surface area contributed by atoms with E-state index in [2.05, 4.69) is 12.2 Å². The zero-order valence-corrected chi connectivity index (χ0v) is 19.0. The van der Waals surface area contributed by atoms with Crippen molar-refractivity contribution in [3.05, 3.63) is 101 Å². The summed E-state index contributed by atoms with van der Waals surface area (Å²) in [6.45, 7) is 1.75. The maximum Gasteiger partial charge on any atom is 0.261 e. The van der Waals surface area contributed by atoms with Crippen LogP contribution >= 0.6 is 0 Å². The van der Waals surface area contributed by atoms with Gasteiger partial charge in [-0.25, -0.2) is 4.39 Å². The molecule has 1 N–H and O–H groups in total. The molecule has 0 unspecified atom stereocenters. The molecular weight excluding hydrogens is 419 g/mol. The lowest BCUT2D eigenvalue weighted by atomic mass is 10.0. The molecule has 0 bridgehead atoms. The van der Waals surface area contributed by atoms with Crippen molar-refractivity contribution >= 4 is 11.8 Å². The molecule has 0 heterocycles. The Morgan fingerprint density at radius 1 is 0.939 bits per heavy atom. The van der Waals surface area contributed by atoms with E-state index < -0.39 is 17.8 Å². The monoisotopic (exact) mass is 448 g/mol. The molecule has 1 atom stereocenters. The van der Waals surface area contributed by atoms with Crippen molar-refractivity contribution in [3.63, 3.8) is 0 Å². The number of benzene rings is 3. The highest BCUT2D eigenvalue weighted by molar-refractivity contribution is 5.88. The van der Waals surface area contributed by atoms with E-state index in [0.29, 0.717) is 17.7 Å². The van der Waals surface area contributed by atoms with E-state index in [-0.39, 0.29) is 19.1 Å². The minimum Gasteiger partial charge on any atom is -0.484 e. The second-order valence-electron chi connectivity index (χ2n) is 7.72. The number of hydrogen-bond donors (Lipinski definition) is 1. The Hall–Kier alpha value is -3.67. The molecule has 2 amide bonds. The van der Waals surface area contributed by atoms with Gasteiger partial charge < -0.3 is 15.0 Å². The molecule has 0 saturated heterocycles. The molecule has 3 rings (SSSR count). The van der Waals surface area contributed by atoms with E-state index in [1.165, 1.54) is 18.0 Å². The highest BCUT2D eigenvalue weighted by Gasteiger charge is 2.30. The van der Waals surface area contributed by atoms with Gasteiger partial charge >= 0.3 is 0 Å². The summed E-state index contributed by atoms with van der Waals surface area (Å²) in [5, 5.41) is 2.64. The molecule has 0 aliphatic heterocycles. The van der Waals surface area contributed by atoms with Gasteiger partial charge in [-0.15, -0.1) is 0 Å². The Morgan fingerprint density at radius 2 is 1.61 bits per heavy atom. The molecular formula is C27H29FN2O3. The Bertz CT molecular complexity index is 1050. The molecule has 0 fully saturated rings. The summed E-state index contributed by atoms with van der Waals surface area (Å²) in [7, 11) is 1.53. The third-order valence-corrected chi connectivity index (χ3v) is 5.51. The maximum absolute atomic E-state index is 14.4. The second-order valence-corrected chi connectivity index (χ2v) is 7.72. The lowest BCUT2D eigenvalue weighted by Crippen LogP contribution is -2.51. The summed E-state index contributed by atoms with van der Waals surface area (Å²) in [6, 6.07) is 22.4. The molecule has 3 aromatic carbocycles. The van der Waals surface area contributed by atoms with Gasteiger partial charge in [-0.1, -0.05) is 67.6 Å². The standard InChI is InChI=1S/C27H29FN2O3/c1-3-20-13-15-23(16-14-20)33-19-26(31)30(18-22-11-7-8-12-24(22)28)25(27(32)29-2)17-21-9-5-4-6-10-21/h4-16,25H,3,17-19H2,1-2H3,(H,29,32)/t25-/m1/s1. The van der Waals surface area contributed by atoms with Crippen LogP contribution in [0, 0.1) is 5.82 Å². The fourth-order valence-electron chi connectivity index (χ4n) is 3.58. The van der Waals surface area contributed by atoms with Crippen molar-refractivity contribution in [2.75, 3.05) is 13.7 Å². The Labute approximate surface area is 194 Å². The predicted molar refractivity (Wildman–Crippen MR) is 126 cm³/mol. The van der Waals surface area contributed by atoms with Crippen molar-refractivity contribution in [1.82, 2.24) is 10.2 Å². The van der Waals surface area contributed by atoms with Crippen LogP contribution in [0.3, 0.4) is 0 Å². The average molecular weight is 449 g/mol. The number of rotatable bonds is 10. The van der Waals surface area contributed by atoms with Gasteiger partial charge in [0.05, 0.1) is 0 Å². The van der Waals surface area contributed by atoms with Crippen molar-refractivity contribution < 1.29 is 18.7 Å². The summed E-state index contributed by atoms with van der Waals surface area (Å²) in [6.07, 6.45) is 1.20. The van der Waals surface area contributed by atoms with E-state index in [4.69, 9.17) is 4.74 Å². The van der Waals surface area contributed by atoms with E-state index in [1.807, 2.05) is 54.6 Å². The van der Waals surface area contributed by atoms with Crippen LogP contribution in [0.15, 0.2) is 78.9 Å². The summed E-state index contributed by atoms with van der Waals surface area (Å²) < 4.78 is 20.2. The van der Waals surface area contributed by atoms with E-state index >= 15 is 0 Å². The Kier molecular flexibility index (Phi) is 8.58. The van der Waals surface area contributed by atoms with Gasteiger partial charge in [0, 0.05) is 25.6 Å². The second kappa shape index (κ2) is 11.8. The van der Waals surface area contributed by atoms with E-state index in [0.717, 1.165) is 17.5 Å². The molecule has 172 valence electrons. The number of hydrogen-bond acceptors (Lipinski definition) is 3. The van der Waals surface area contributed by atoms with Crippen LogP contribution < -0.4 is 10.1 Å². The third kappa shape index (κ3) is 6.65. The fraction of sp³-hybridized carbons (Fsp3) is 0.259. The predicted octanol–water partition coefficient (Wildman–Crippen LogP) is 4.15. The molecule has 0 spiro atoms. The number of ether oxygens (including phenoxy) is 1. The minimum absolute atomic E-state index is 0.0471. The van der Waals surface area contributed by atoms with Crippen molar-refractivity contribution in [3.8, 4) is 5.75 Å². The molecule has 0 radical (unpaired) electrons. The molecule has 0 aliphatic carbocycles. The number of nitrogens with one attached hydrogen (secondary N) is 1. The van der Waals surface area contributed by atoms with Crippen molar-refractivity contribution in [2.45, 2.75) is 32.4 Å². The first-order valence-electron chi connectivity index (χ1n) is 11.0. The first kappa shape index (κ1) is 24.0. The number of nitrogens with zero attached hydrogens (tertiary/aromatic N) is 1. The Morgan fingerprint density at radius 3 is 2.24 bits per heavy atom. The van der Waals surface area contributed by atoms with Crippen LogP contribution in [0.5, 0.6) is 5.75 Å². The van der Waals surface area contributed by atoms with Crippen LogP contribution in [0.25, 0.3) is 0 Å². The number of likely N-dealkylation sites (N-methyl/N-ethyl adjacent to an activating group) is 1. The van der Waals surface area contributed by atoms with Crippen molar-refractivity contribution in [2.24, 2.45) is 0 Å². The van der Waals surface area contributed by atoms with Crippen LogP contribution in [0.4, 0.5) is 4.39 Å². The van der Waals surface area contributed by atoms with Crippen LogP contribution in [0.2, 0.25) is 0 Å². The van der Waals surface area contributed by atoms with Gasteiger partial charge in [-0.3, -0.25) is 9.59 Å². The molecule has 6 heteroatoms. The zero-order valence-electron chi connectivity index (χ0n) is 19.0. The maximum atomic E-state index is 14.4. The smallest absolute Gasteiger partial charge is 0.261 e. The highest BCUT2D eigenvalue weighted by Crippen LogP contribution is 2.18. The molecule has 0 saturated carbocycles. The Balaban J connectivity index is 1.86. The molecule has 0 aliphatic rings. The SMILES string of the molecule is CCc1ccc(OCC(=O)N(Cc2ccccc2F)[C@H](Cc2ccccc2)C(=O)NC)cc1. The van der Waals surface area contributed by atoms with Gasteiger partial charge in [0.15, 0.2) is 6.61 Å². The largest absolute Gasteiger partial charge is 0.484 e. The average Bonchev–Trinajstić information content (AvgIpc) is 2.86. The summed E-state index contributed by atoms with van der Waals surface area (Å²) in [5.41, 5.74) is 2.39. The van der Waals surface area contributed by atoms with E-state index in [9.17, 15) is 14.0 Å². The summed E-state index contributed by atoms with van der Waals surface area (Å²) >= 11 is 0. The molecule has 3 aromatic rings.